The number of nitrogens with one attached hydrogen (secondary N) is 1. The highest BCUT2D eigenvalue weighted by molar-refractivity contribution is 7.11. The van der Waals surface area contributed by atoms with E-state index in [0.717, 1.165) is 23.5 Å². The molecule has 17 heavy (non-hydrogen) atoms. The Hall–Kier alpha value is -1.82. The quantitative estimate of drug-likeness (QED) is 0.895. The largest absolute Gasteiger partial charge is 0.315 e. The van der Waals surface area contributed by atoms with Crippen molar-refractivity contribution in [2.75, 3.05) is 5.32 Å². The van der Waals surface area contributed by atoms with Gasteiger partial charge in [-0.15, -0.1) is 11.3 Å². The van der Waals surface area contributed by atoms with Gasteiger partial charge in [-0.2, -0.15) is 0 Å². The summed E-state index contributed by atoms with van der Waals surface area (Å²) in [6, 6.07) is 3.38. The van der Waals surface area contributed by atoms with Crippen LogP contribution in [-0.4, -0.2) is 10.9 Å². The normalized spacial score (nSPS) is 10.3. The Morgan fingerprint density at radius 2 is 2.00 bits per heavy atom. The molecule has 1 N–H and O–H groups in total. The van der Waals surface area contributed by atoms with E-state index in [9.17, 15) is 13.6 Å². The highest BCUT2D eigenvalue weighted by atomic mass is 32.1. The van der Waals surface area contributed by atoms with Crippen molar-refractivity contribution >= 4 is 22.9 Å². The second kappa shape index (κ2) is 4.58. The Labute approximate surface area is 100 Å². The van der Waals surface area contributed by atoms with Crippen molar-refractivity contribution in [1.82, 2.24) is 4.98 Å². The number of halogens is 2. The van der Waals surface area contributed by atoms with E-state index in [0.29, 0.717) is 5.69 Å². The van der Waals surface area contributed by atoms with Crippen LogP contribution >= 0.6 is 11.3 Å². The van der Waals surface area contributed by atoms with Crippen LogP contribution in [0.3, 0.4) is 0 Å². The third-order valence-corrected chi connectivity index (χ3v) is 2.97. The second-order valence-electron chi connectivity index (χ2n) is 3.34. The van der Waals surface area contributed by atoms with Gasteiger partial charge in [0.1, 0.15) is 17.3 Å². The number of aromatic nitrogens is 1. The van der Waals surface area contributed by atoms with Crippen LogP contribution in [0.15, 0.2) is 23.6 Å². The Bertz CT molecular complexity index is 548. The van der Waals surface area contributed by atoms with E-state index in [1.165, 1.54) is 6.07 Å². The standard InChI is InChI=1S/C11H8F2N2OS/c1-6-5-17-11(14-6)10(16)15-9-7(12)3-2-4-8(9)13/h2-5H,1H3,(H,15,16). The molecule has 0 radical (unpaired) electrons. The van der Waals surface area contributed by atoms with Crippen LogP contribution in [0.4, 0.5) is 14.5 Å². The van der Waals surface area contributed by atoms with Crippen LogP contribution in [0.1, 0.15) is 15.5 Å². The lowest BCUT2D eigenvalue weighted by Crippen LogP contribution is -2.14. The highest BCUT2D eigenvalue weighted by Gasteiger charge is 2.15. The lowest BCUT2D eigenvalue weighted by Gasteiger charge is -2.05. The van der Waals surface area contributed by atoms with Gasteiger partial charge in [0.2, 0.25) is 0 Å². The van der Waals surface area contributed by atoms with E-state index < -0.39 is 23.2 Å². The maximum absolute atomic E-state index is 13.3. The average Bonchev–Trinajstić information content (AvgIpc) is 2.70. The first-order valence-electron chi connectivity index (χ1n) is 4.75. The van der Waals surface area contributed by atoms with E-state index in [1.807, 2.05) is 0 Å². The van der Waals surface area contributed by atoms with Crippen LogP contribution < -0.4 is 5.32 Å². The zero-order chi connectivity index (χ0) is 12.4. The van der Waals surface area contributed by atoms with E-state index in [4.69, 9.17) is 0 Å². The van der Waals surface area contributed by atoms with E-state index in [-0.39, 0.29) is 5.01 Å². The van der Waals surface area contributed by atoms with Crippen molar-refractivity contribution in [3.8, 4) is 0 Å². The molecule has 88 valence electrons. The van der Waals surface area contributed by atoms with Crippen molar-refractivity contribution in [2.45, 2.75) is 6.92 Å². The molecule has 1 heterocycles. The number of nitrogens with zero attached hydrogens (tertiary/aromatic N) is 1. The molecule has 2 aromatic rings. The highest BCUT2D eigenvalue weighted by Crippen LogP contribution is 2.19. The molecule has 0 aliphatic carbocycles. The molecule has 0 spiro atoms. The van der Waals surface area contributed by atoms with Crippen LogP contribution in [0.5, 0.6) is 0 Å². The molecule has 0 aliphatic heterocycles. The molecule has 6 heteroatoms. The molecular weight excluding hydrogens is 246 g/mol. The summed E-state index contributed by atoms with van der Waals surface area (Å²) in [5.41, 5.74) is 0.236. The number of para-hydroxylation sites is 1. The van der Waals surface area contributed by atoms with Crippen LogP contribution in [0.2, 0.25) is 0 Å². The van der Waals surface area contributed by atoms with Gasteiger partial charge in [0.15, 0.2) is 5.01 Å². The van der Waals surface area contributed by atoms with Gasteiger partial charge in [-0.25, -0.2) is 13.8 Å². The lowest BCUT2D eigenvalue weighted by atomic mass is 10.3. The van der Waals surface area contributed by atoms with Gasteiger partial charge in [0, 0.05) is 11.1 Å². The molecule has 2 rings (SSSR count). The molecule has 0 saturated carbocycles. The molecule has 3 nitrogen and oxygen atoms in total. The fourth-order valence-electron chi connectivity index (χ4n) is 1.24. The molecule has 0 unspecified atom stereocenters. The van der Waals surface area contributed by atoms with Crippen molar-refractivity contribution in [2.24, 2.45) is 0 Å². The number of benzene rings is 1. The number of hydrogen-bond acceptors (Lipinski definition) is 3. The second-order valence-corrected chi connectivity index (χ2v) is 4.20. The first-order valence-corrected chi connectivity index (χ1v) is 5.63. The van der Waals surface area contributed by atoms with Crippen molar-refractivity contribution in [3.05, 3.63) is 45.9 Å². The number of amides is 1. The molecule has 0 bridgehead atoms. The Morgan fingerprint density at radius 1 is 1.35 bits per heavy atom. The zero-order valence-electron chi connectivity index (χ0n) is 8.83. The number of thiazole rings is 1. The predicted molar refractivity (Wildman–Crippen MR) is 61.2 cm³/mol. The number of anilines is 1. The summed E-state index contributed by atoms with van der Waals surface area (Å²) in [6.45, 7) is 1.73. The van der Waals surface area contributed by atoms with Crippen molar-refractivity contribution in [1.29, 1.82) is 0 Å². The fraction of sp³-hybridized carbons (Fsp3) is 0.0909. The topological polar surface area (TPSA) is 42.0 Å². The minimum atomic E-state index is -0.813. The summed E-state index contributed by atoms with van der Waals surface area (Å²) in [6.07, 6.45) is 0. The van der Waals surface area contributed by atoms with Gasteiger partial charge in [-0.3, -0.25) is 4.79 Å². The molecule has 0 fully saturated rings. The van der Waals surface area contributed by atoms with Gasteiger partial charge in [0.05, 0.1) is 0 Å². The van der Waals surface area contributed by atoms with Gasteiger partial charge >= 0.3 is 0 Å². The van der Waals surface area contributed by atoms with E-state index >= 15 is 0 Å². The summed E-state index contributed by atoms with van der Waals surface area (Å²) >= 11 is 1.12. The number of rotatable bonds is 2. The maximum atomic E-state index is 13.3. The molecular formula is C11H8F2N2OS. The lowest BCUT2D eigenvalue weighted by molar-refractivity contribution is 0.102. The summed E-state index contributed by atoms with van der Waals surface area (Å²) in [7, 11) is 0. The van der Waals surface area contributed by atoms with Gasteiger partial charge in [0.25, 0.3) is 5.91 Å². The van der Waals surface area contributed by atoms with Gasteiger partial charge in [-0.05, 0) is 19.1 Å². The number of carbonyl (C=O) groups is 1. The minimum Gasteiger partial charge on any atom is -0.315 e. The smallest absolute Gasteiger partial charge is 0.284 e. The number of hydrogen-bond donors (Lipinski definition) is 1. The van der Waals surface area contributed by atoms with E-state index in [1.54, 1.807) is 12.3 Å². The predicted octanol–water partition coefficient (Wildman–Crippen LogP) is 2.98. The fourth-order valence-corrected chi connectivity index (χ4v) is 1.93. The Balaban J connectivity index is 2.24. The average molecular weight is 254 g/mol. The van der Waals surface area contributed by atoms with E-state index in [2.05, 4.69) is 10.3 Å². The number of carbonyl (C=O) groups excluding carboxylic acids is 1. The first kappa shape index (κ1) is 11.7. The third-order valence-electron chi connectivity index (χ3n) is 2.01. The summed E-state index contributed by atoms with van der Waals surface area (Å²) in [5, 5.41) is 4.03. The van der Waals surface area contributed by atoms with Crippen LogP contribution in [0, 0.1) is 18.6 Å². The van der Waals surface area contributed by atoms with Crippen LogP contribution in [-0.2, 0) is 0 Å². The maximum Gasteiger partial charge on any atom is 0.284 e. The third kappa shape index (κ3) is 2.47. The van der Waals surface area contributed by atoms with Gasteiger partial charge < -0.3 is 5.32 Å². The first-order chi connectivity index (χ1) is 8.08. The Morgan fingerprint density at radius 3 is 2.53 bits per heavy atom. The molecule has 1 amide bonds. The summed E-state index contributed by atoms with van der Waals surface area (Å²) < 4.78 is 26.5. The minimum absolute atomic E-state index is 0.171. The van der Waals surface area contributed by atoms with Gasteiger partial charge in [-0.1, -0.05) is 6.07 Å². The Kier molecular flexibility index (Phi) is 3.14. The monoisotopic (exact) mass is 254 g/mol. The molecule has 1 aromatic heterocycles. The van der Waals surface area contributed by atoms with Crippen LogP contribution in [0.25, 0.3) is 0 Å². The molecule has 0 saturated heterocycles. The number of aryl methyl sites for hydroxylation is 1. The van der Waals surface area contributed by atoms with Crippen molar-refractivity contribution in [3.63, 3.8) is 0 Å². The molecule has 1 aromatic carbocycles. The SMILES string of the molecule is Cc1csc(C(=O)Nc2c(F)cccc2F)n1. The molecule has 0 atom stereocenters. The summed E-state index contributed by atoms with van der Waals surface area (Å²) in [5.74, 6) is -2.25. The zero-order valence-corrected chi connectivity index (χ0v) is 9.65. The van der Waals surface area contributed by atoms with Crippen molar-refractivity contribution < 1.29 is 13.6 Å². The summed E-state index contributed by atoms with van der Waals surface area (Å²) in [4.78, 5) is 15.6. The molecule has 0 aliphatic rings.